The third-order valence-electron chi connectivity index (χ3n) is 4.68. The number of hydrogen-bond acceptors (Lipinski definition) is 2. The first kappa shape index (κ1) is 23.9. The van der Waals surface area contributed by atoms with Crippen molar-refractivity contribution in [3.05, 3.63) is 0 Å². The molecule has 0 saturated heterocycles. The number of hydrogen-bond donors (Lipinski definition) is 0. The van der Waals surface area contributed by atoms with Gasteiger partial charge in [0.25, 0.3) is 0 Å². The summed E-state index contributed by atoms with van der Waals surface area (Å²) in [5, 5.41) is 0.971. The second-order valence-electron chi connectivity index (χ2n) is 7.10. The first-order valence-electron chi connectivity index (χ1n) is 10.5. The van der Waals surface area contributed by atoms with Gasteiger partial charge in [0.15, 0.2) is 0 Å². The van der Waals surface area contributed by atoms with Crippen molar-refractivity contribution in [1.82, 2.24) is 0 Å². The minimum absolute atomic E-state index is 0.00236. The van der Waals surface area contributed by atoms with Gasteiger partial charge in [-0.15, -0.1) is 0 Å². The molecule has 0 radical (unpaired) electrons. The summed E-state index contributed by atoms with van der Waals surface area (Å²) in [4.78, 5) is 11.8. The highest BCUT2D eigenvalue weighted by Gasteiger charge is 2.12. The Morgan fingerprint density at radius 2 is 1.33 bits per heavy atom. The maximum atomic E-state index is 11.8. The lowest BCUT2D eigenvalue weighted by atomic mass is 9.95. The summed E-state index contributed by atoms with van der Waals surface area (Å²) in [6.07, 6.45) is 18.3. The smallest absolute Gasteiger partial charge is 0.305 e. The molecule has 3 heteroatoms. The van der Waals surface area contributed by atoms with E-state index in [1.807, 2.05) is 0 Å². The predicted octanol–water partition coefficient (Wildman–Crippen LogP) is 7.43. The highest BCUT2D eigenvalue weighted by molar-refractivity contribution is 9.09. The van der Waals surface area contributed by atoms with Crippen molar-refractivity contribution in [2.45, 2.75) is 110 Å². The molecule has 0 aromatic carbocycles. The molecule has 0 aliphatic rings. The van der Waals surface area contributed by atoms with E-state index in [4.69, 9.17) is 4.74 Å². The fraction of sp³-hybridized carbons (Fsp3) is 0.952. The van der Waals surface area contributed by atoms with Crippen LogP contribution in [0, 0.1) is 5.92 Å². The average Bonchev–Trinajstić information content (AvgIpc) is 2.59. The lowest BCUT2D eigenvalue weighted by Gasteiger charge is -2.17. The molecule has 1 atom stereocenters. The number of halogens is 1. The van der Waals surface area contributed by atoms with Crippen LogP contribution in [0.1, 0.15) is 110 Å². The molecule has 0 aliphatic heterocycles. The second-order valence-corrected chi connectivity index (χ2v) is 7.89. The Hall–Kier alpha value is -0.0500. The Balaban J connectivity index is 3.91. The van der Waals surface area contributed by atoms with Crippen LogP contribution in [-0.2, 0) is 9.53 Å². The Kier molecular flexibility index (Phi) is 19.2. The number of unbranched alkanes of at least 4 members (excludes halogenated alkanes) is 9. The SMILES string of the molecule is CCCCCCCCC(CCCCCC)COC(=O)CCCCBr. The number of carbonyl (C=O) groups excluding carboxylic acids is 1. The zero-order valence-corrected chi connectivity index (χ0v) is 17.9. The van der Waals surface area contributed by atoms with Crippen molar-refractivity contribution in [2.75, 3.05) is 11.9 Å². The molecule has 0 aromatic rings. The van der Waals surface area contributed by atoms with Crippen LogP contribution in [-0.4, -0.2) is 17.9 Å². The molecule has 0 amide bonds. The second kappa shape index (κ2) is 19.3. The Morgan fingerprint density at radius 3 is 1.92 bits per heavy atom. The zero-order valence-electron chi connectivity index (χ0n) is 16.3. The van der Waals surface area contributed by atoms with Crippen molar-refractivity contribution in [3.63, 3.8) is 0 Å². The van der Waals surface area contributed by atoms with E-state index >= 15 is 0 Å². The molecule has 0 aromatic heterocycles. The van der Waals surface area contributed by atoms with Crippen LogP contribution in [0.3, 0.4) is 0 Å². The van der Waals surface area contributed by atoms with E-state index in [-0.39, 0.29) is 5.97 Å². The monoisotopic (exact) mass is 404 g/mol. The molecule has 0 N–H and O–H groups in total. The molecule has 2 nitrogen and oxygen atoms in total. The first-order chi connectivity index (χ1) is 11.7. The lowest BCUT2D eigenvalue weighted by molar-refractivity contribution is -0.145. The normalized spacial score (nSPS) is 12.3. The van der Waals surface area contributed by atoms with Crippen molar-refractivity contribution < 1.29 is 9.53 Å². The van der Waals surface area contributed by atoms with E-state index in [1.54, 1.807) is 0 Å². The van der Waals surface area contributed by atoms with Gasteiger partial charge in [0.05, 0.1) is 6.61 Å². The van der Waals surface area contributed by atoms with Crippen molar-refractivity contribution in [1.29, 1.82) is 0 Å². The molecule has 0 saturated carbocycles. The molecular weight excluding hydrogens is 364 g/mol. The largest absolute Gasteiger partial charge is 0.465 e. The van der Waals surface area contributed by atoms with Crippen molar-refractivity contribution in [3.8, 4) is 0 Å². The molecule has 0 heterocycles. The standard InChI is InChI=1S/C21H41BrO2/c1-3-5-7-9-10-12-16-20(15-11-8-6-4-2)19-24-21(23)17-13-14-18-22/h20H,3-19H2,1-2H3. The quantitative estimate of drug-likeness (QED) is 0.135. The first-order valence-corrected chi connectivity index (χ1v) is 11.6. The summed E-state index contributed by atoms with van der Waals surface area (Å²) in [6, 6.07) is 0. The van der Waals surface area contributed by atoms with Gasteiger partial charge >= 0.3 is 5.97 Å². The van der Waals surface area contributed by atoms with Crippen LogP contribution in [0.15, 0.2) is 0 Å². The summed E-state index contributed by atoms with van der Waals surface area (Å²) in [6.45, 7) is 5.16. The van der Waals surface area contributed by atoms with Gasteiger partial charge in [-0.3, -0.25) is 4.79 Å². The molecule has 0 bridgehead atoms. The lowest BCUT2D eigenvalue weighted by Crippen LogP contribution is -2.14. The third-order valence-corrected chi connectivity index (χ3v) is 5.24. The third kappa shape index (κ3) is 16.8. The minimum atomic E-state index is -0.00236. The van der Waals surface area contributed by atoms with Gasteiger partial charge in [-0.2, -0.15) is 0 Å². The van der Waals surface area contributed by atoms with E-state index in [2.05, 4.69) is 29.8 Å². The number of ether oxygens (including phenoxy) is 1. The Bertz CT molecular complexity index is 269. The maximum Gasteiger partial charge on any atom is 0.305 e. The predicted molar refractivity (Wildman–Crippen MR) is 109 cm³/mol. The van der Waals surface area contributed by atoms with Crippen molar-refractivity contribution >= 4 is 21.9 Å². The van der Waals surface area contributed by atoms with Crippen LogP contribution in [0.4, 0.5) is 0 Å². The molecule has 0 rings (SSSR count). The van der Waals surface area contributed by atoms with Gasteiger partial charge in [-0.1, -0.05) is 94.0 Å². The number of esters is 1. The molecule has 0 fully saturated rings. The summed E-state index contributed by atoms with van der Waals surface area (Å²) in [5.74, 6) is 0.575. The van der Waals surface area contributed by atoms with E-state index in [9.17, 15) is 4.79 Å². The fourth-order valence-electron chi connectivity index (χ4n) is 3.03. The molecular formula is C21H41BrO2. The number of carbonyl (C=O) groups is 1. The number of rotatable bonds is 18. The maximum absolute atomic E-state index is 11.8. The van der Waals surface area contributed by atoms with Gasteiger partial charge in [-0.05, 0) is 31.6 Å². The van der Waals surface area contributed by atoms with E-state index < -0.39 is 0 Å². The van der Waals surface area contributed by atoms with Gasteiger partial charge in [0.2, 0.25) is 0 Å². The van der Waals surface area contributed by atoms with E-state index in [1.165, 1.54) is 77.0 Å². The highest BCUT2D eigenvalue weighted by Crippen LogP contribution is 2.19. The molecule has 1 unspecified atom stereocenters. The number of alkyl halides is 1. The van der Waals surface area contributed by atoms with Gasteiger partial charge in [-0.25, -0.2) is 0 Å². The molecule has 24 heavy (non-hydrogen) atoms. The fourth-order valence-corrected chi connectivity index (χ4v) is 3.43. The Labute approximate surface area is 159 Å². The van der Waals surface area contributed by atoms with Crippen LogP contribution in [0.5, 0.6) is 0 Å². The molecule has 0 aliphatic carbocycles. The average molecular weight is 405 g/mol. The van der Waals surface area contributed by atoms with Gasteiger partial charge in [0, 0.05) is 11.8 Å². The topological polar surface area (TPSA) is 26.3 Å². The van der Waals surface area contributed by atoms with Gasteiger partial charge in [0.1, 0.15) is 0 Å². The molecule has 0 spiro atoms. The summed E-state index contributed by atoms with van der Waals surface area (Å²) in [7, 11) is 0. The summed E-state index contributed by atoms with van der Waals surface area (Å²) < 4.78 is 5.55. The highest BCUT2D eigenvalue weighted by atomic mass is 79.9. The van der Waals surface area contributed by atoms with Crippen LogP contribution in [0.25, 0.3) is 0 Å². The zero-order chi connectivity index (χ0) is 17.9. The summed E-state index contributed by atoms with van der Waals surface area (Å²) >= 11 is 3.40. The van der Waals surface area contributed by atoms with Crippen LogP contribution >= 0.6 is 15.9 Å². The van der Waals surface area contributed by atoms with Crippen LogP contribution in [0.2, 0.25) is 0 Å². The van der Waals surface area contributed by atoms with Crippen LogP contribution < -0.4 is 0 Å². The van der Waals surface area contributed by atoms with E-state index in [0.29, 0.717) is 18.9 Å². The molecule has 144 valence electrons. The van der Waals surface area contributed by atoms with Crippen molar-refractivity contribution in [2.24, 2.45) is 5.92 Å². The van der Waals surface area contributed by atoms with Gasteiger partial charge < -0.3 is 4.74 Å². The minimum Gasteiger partial charge on any atom is -0.465 e. The summed E-state index contributed by atoms with van der Waals surface area (Å²) in [5.41, 5.74) is 0. The van der Waals surface area contributed by atoms with E-state index in [0.717, 1.165) is 18.2 Å². The Morgan fingerprint density at radius 1 is 0.792 bits per heavy atom.